The molecule has 166 valence electrons. The van der Waals surface area contributed by atoms with Gasteiger partial charge in [-0.3, -0.25) is 9.59 Å². The van der Waals surface area contributed by atoms with Crippen molar-refractivity contribution in [1.82, 2.24) is 20.4 Å². The fourth-order valence-corrected chi connectivity index (χ4v) is 3.60. The Hall–Kier alpha value is -3.75. The molecular formula is C23H23FN4O4. The summed E-state index contributed by atoms with van der Waals surface area (Å²) in [6, 6.07) is 13.0. The van der Waals surface area contributed by atoms with Crippen LogP contribution in [-0.4, -0.2) is 40.0 Å². The van der Waals surface area contributed by atoms with Crippen LogP contribution in [0.1, 0.15) is 46.9 Å². The van der Waals surface area contributed by atoms with Crippen LogP contribution in [0.3, 0.4) is 0 Å². The number of carbonyl (C=O) groups is 2. The third-order valence-electron chi connectivity index (χ3n) is 5.18. The number of nitrogens with one attached hydrogen (secondary N) is 1. The lowest BCUT2D eigenvalue weighted by atomic mass is 10.1. The molecule has 0 spiro atoms. The molecule has 1 aromatic heterocycles. The number of carbonyl (C=O) groups excluding carboxylic acids is 2. The molecule has 1 aliphatic rings. The number of ether oxygens (including phenoxy) is 1. The van der Waals surface area contributed by atoms with E-state index in [-0.39, 0.29) is 42.4 Å². The summed E-state index contributed by atoms with van der Waals surface area (Å²) < 4.78 is 23.8. The van der Waals surface area contributed by atoms with Crippen LogP contribution in [0.25, 0.3) is 0 Å². The number of aromatic nitrogens is 2. The molecule has 9 heteroatoms. The number of nitrogens with zero attached hydrogens (tertiary/aromatic N) is 3. The van der Waals surface area contributed by atoms with Crippen LogP contribution >= 0.6 is 0 Å². The first-order valence-corrected chi connectivity index (χ1v) is 10.4. The quantitative estimate of drug-likeness (QED) is 0.581. The maximum atomic E-state index is 13.1. The Balaban J connectivity index is 1.34. The van der Waals surface area contributed by atoms with E-state index in [0.717, 1.165) is 5.56 Å². The molecule has 1 N–H and O–H groups in total. The van der Waals surface area contributed by atoms with Gasteiger partial charge in [0.25, 0.3) is 5.91 Å². The lowest BCUT2D eigenvalue weighted by Crippen LogP contribution is -2.24. The fourth-order valence-electron chi connectivity index (χ4n) is 3.60. The molecule has 2 heterocycles. The van der Waals surface area contributed by atoms with E-state index in [1.54, 1.807) is 41.3 Å². The zero-order chi connectivity index (χ0) is 22.5. The molecule has 2 amide bonds. The molecule has 4 rings (SSSR count). The van der Waals surface area contributed by atoms with Gasteiger partial charge in [-0.25, -0.2) is 4.39 Å². The van der Waals surface area contributed by atoms with E-state index in [9.17, 15) is 14.0 Å². The zero-order valence-electron chi connectivity index (χ0n) is 17.6. The van der Waals surface area contributed by atoms with Crippen LogP contribution in [-0.2, 0) is 17.9 Å². The third-order valence-corrected chi connectivity index (χ3v) is 5.18. The average molecular weight is 438 g/mol. The number of para-hydroxylation sites is 1. The van der Waals surface area contributed by atoms with Crippen LogP contribution < -0.4 is 10.1 Å². The number of likely N-dealkylation sites (tertiary alicyclic amines) is 1. The van der Waals surface area contributed by atoms with Gasteiger partial charge in [-0.05, 0) is 36.8 Å². The van der Waals surface area contributed by atoms with Gasteiger partial charge in [0.2, 0.25) is 11.8 Å². The van der Waals surface area contributed by atoms with E-state index in [0.29, 0.717) is 36.8 Å². The lowest BCUT2D eigenvalue weighted by molar-refractivity contribution is -0.128. The molecule has 0 saturated carbocycles. The van der Waals surface area contributed by atoms with E-state index < -0.39 is 0 Å². The number of rotatable bonds is 8. The highest BCUT2D eigenvalue weighted by molar-refractivity contribution is 5.96. The smallest absolute Gasteiger partial charge is 0.255 e. The highest BCUT2D eigenvalue weighted by Gasteiger charge is 2.33. The molecule has 0 aliphatic carbocycles. The molecule has 1 atom stereocenters. The van der Waals surface area contributed by atoms with Crippen LogP contribution in [0.5, 0.6) is 5.75 Å². The number of benzene rings is 2. The summed E-state index contributed by atoms with van der Waals surface area (Å²) in [6.45, 7) is 3.21. The molecule has 2 aromatic carbocycles. The Labute approximate surface area is 184 Å². The van der Waals surface area contributed by atoms with Gasteiger partial charge < -0.3 is 19.5 Å². The van der Waals surface area contributed by atoms with Gasteiger partial charge in [-0.2, -0.15) is 4.98 Å². The summed E-state index contributed by atoms with van der Waals surface area (Å²) in [4.78, 5) is 30.9. The second-order valence-electron chi connectivity index (χ2n) is 7.46. The van der Waals surface area contributed by atoms with Crippen LogP contribution in [0.15, 0.2) is 53.1 Å². The highest BCUT2D eigenvalue weighted by Crippen LogP contribution is 2.27. The maximum Gasteiger partial charge on any atom is 0.255 e. The Kier molecular flexibility index (Phi) is 6.44. The second-order valence-corrected chi connectivity index (χ2v) is 7.46. The van der Waals surface area contributed by atoms with Crippen LogP contribution in [0.2, 0.25) is 0 Å². The minimum absolute atomic E-state index is 0.0218. The van der Waals surface area contributed by atoms with Crippen molar-refractivity contribution in [2.45, 2.75) is 32.4 Å². The van der Waals surface area contributed by atoms with Crippen molar-refractivity contribution in [3.05, 3.63) is 77.2 Å². The topological polar surface area (TPSA) is 97.6 Å². The summed E-state index contributed by atoms with van der Waals surface area (Å²) in [5, 5.41) is 6.74. The van der Waals surface area contributed by atoms with Crippen molar-refractivity contribution in [2.24, 2.45) is 0 Å². The molecular weight excluding hydrogens is 415 g/mol. The minimum Gasteiger partial charge on any atom is -0.493 e. The molecule has 3 aromatic rings. The highest BCUT2D eigenvalue weighted by atomic mass is 19.1. The Morgan fingerprint density at radius 2 is 2.03 bits per heavy atom. The summed E-state index contributed by atoms with van der Waals surface area (Å²) in [5.41, 5.74) is 1.27. The SMILES string of the molecule is CCOc1ccccc1C(=O)NCc1nc(C2CC(=O)N(Cc3ccc(F)cc3)C2)no1. The Morgan fingerprint density at radius 3 is 2.81 bits per heavy atom. The Bertz CT molecular complexity index is 1100. The van der Waals surface area contributed by atoms with Crippen molar-refractivity contribution >= 4 is 11.8 Å². The number of halogens is 1. The van der Waals surface area contributed by atoms with Crippen molar-refractivity contribution in [1.29, 1.82) is 0 Å². The first-order chi connectivity index (χ1) is 15.5. The van der Waals surface area contributed by atoms with Gasteiger partial charge in [0.1, 0.15) is 11.6 Å². The van der Waals surface area contributed by atoms with E-state index in [2.05, 4.69) is 15.5 Å². The van der Waals surface area contributed by atoms with E-state index in [1.807, 2.05) is 6.92 Å². The molecule has 0 bridgehead atoms. The van der Waals surface area contributed by atoms with Gasteiger partial charge in [-0.15, -0.1) is 0 Å². The predicted molar refractivity (Wildman–Crippen MR) is 112 cm³/mol. The van der Waals surface area contributed by atoms with Gasteiger partial charge in [0.05, 0.1) is 18.7 Å². The average Bonchev–Trinajstić information content (AvgIpc) is 3.41. The monoisotopic (exact) mass is 438 g/mol. The molecule has 1 fully saturated rings. The van der Waals surface area contributed by atoms with Gasteiger partial charge >= 0.3 is 0 Å². The molecule has 1 saturated heterocycles. The summed E-state index contributed by atoms with van der Waals surface area (Å²) >= 11 is 0. The lowest BCUT2D eigenvalue weighted by Gasteiger charge is -2.16. The first-order valence-electron chi connectivity index (χ1n) is 10.4. The summed E-state index contributed by atoms with van der Waals surface area (Å²) in [6.07, 6.45) is 0.272. The molecule has 1 aliphatic heterocycles. The first kappa shape index (κ1) is 21.5. The second kappa shape index (κ2) is 9.59. The molecule has 1 unspecified atom stereocenters. The molecule has 8 nitrogen and oxygen atoms in total. The summed E-state index contributed by atoms with van der Waals surface area (Å²) in [7, 11) is 0. The van der Waals surface area contributed by atoms with E-state index in [4.69, 9.17) is 9.26 Å². The van der Waals surface area contributed by atoms with Gasteiger partial charge in [0.15, 0.2) is 5.82 Å². The van der Waals surface area contributed by atoms with Crippen molar-refractivity contribution in [3.8, 4) is 5.75 Å². The van der Waals surface area contributed by atoms with Crippen LogP contribution in [0.4, 0.5) is 4.39 Å². The van der Waals surface area contributed by atoms with Crippen molar-refractivity contribution < 1.29 is 23.2 Å². The zero-order valence-corrected chi connectivity index (χ0v) is 17.6. The van der Waals surface area contributed by atoms with Crippen LogP contribution in [0, 0.1) is 5.82 Å². The summed E-state index contributed by atoms with van der Waals surface area (Å²) in [5.74, 6) is 0.346. The van der Waals surface area contributed by atoms with Gasteiger partial charge in [0, 0.05) is 25.4 Å². The number of hydrogen-bond acceptors (Lipinski definition) is 6. The minimum atomic E-state index is -0.313. The van der Waals surface area contributed by atoms with Crippen molar-refractivity contribution in [2.75, 3.05) is 13.2 Å². The largest absolute Gasteiger partial charge is 0.493 e. The Morgan fingerprint density at radius 1 is 1.25 bits per heavy atom. The number of hydrogen-bond donors (Lipinski definition) is 1. The van der Waals surface area contributed by atoms with E-state index >= 15 is 0 Å². The standard InChI is InChI=1S/C23H23FN4O4/c1-2-31-19-6-4-3-5-18(19)23(30)25-12-20-26-22(27-32-20)16-11-21(29)28(14-16)13-15-7-9-17(24)10-8-15/h3-10,16H,2,11-14H2,1H3,(H,25,30). The van der Waals surface area contributed by atoms with E-state index in [1.165, 1.54) is 12.1 Å². The number of amides is 2. The molecule has 32 heavy (non-hydrogen) atoms. The predicted octanol–water partition coefficient (Wildman–Crippen LogP) is 3.05. The third kappa shape index (κ3) is 4.93. The normalized spacial score (nSPS) is 15.8. The van der Waals surface area contributed by atoms with Crippen molar-refractivity contribution in [3.63, 3.8) is 0 Å². The van der Waals surface area contributed by atoms with Gasteiger partial charge in [-0.1, -0.05) is 29.4 Å². The molecule has 0 radical (unpaired) electrons. The fraction of sp³-hybridized carbons (Fsp3) is 0.304. The maximum absolute atomic E-state index is 13.1.